The van der Waals surface area contributed by atoms with Crippen LogP contribution in [0.4, 0.5) is 11.4 Å². The van der Waals surface area contributed by atoms with Gasteiger partial charge >= 0.3 is 0 Å². The molecule has 0 unspecified atom stereocenters. The maximum atomic E-state index is 11.5. The van der Waals surface area contributed by atoms with E-state index in [4.69, 9.17) is 5.11 Å². The van der Waals surface area contributed by atoms with Gasteiger partial charge in [-0.15, -0.1) is 0 Å². The Labute approximate surface area is 106 Å². The van der Waals surface area contributed by atoms with E-state index in [0.717, 1.165) is 0 Å². The molecule has 5 heteroatoms. The van der Waals surface area contributed by atoms with Gasteiger partial charge < -0.3 is 15.7 Å². The topological polar surface area (TPSA) is 78.4 Å². The van der Waals surface area contributed by atoms with Crippen LogP contribution in [0.1, 0.15) is 26.2 Å². The summed E-state index contributed by atoms with van der Waals surface area (Å²) in [6.45, 7) is 1.55. The summed E-state index contributed by atoms with van der Waals surface area (Å²) in [6, 6.07) is 6.92. The number of rotatable bonds is 6. The SMILES string of the molecule is CC(=O)Nc1ccc(NC(=O)CCCCO)cc1. The number of hydrogen-bond acceptors (Lipinski definition) is 3. The van der Waals surface area contributed by atoms with Gasteiger partial charge in [0.15, 0.2) is 0 Å². The second-order valence-electron chi connectivity index (χ2n) is 3.99. The van der Waals surface area contributed by atoms with E-state index < -0.39 is 0 Å². The molecule has 0 aromatic heterocycles. The smallest absolute Gasteiger partial charge is 0.224 e. The minimum absolute atomic E-state index is 0.0734. The van der Waals surface area contributed by atoms with Crippen molar-refractivity contribution in [1.29, 1.82) is 0 Å². The van der Waals surface area contributed by atoms with E-state index in [1.165, 1.54) is 6.92 Å². The van der Waals surface area contributed by atoms with Crippen LogP contribution in [0.2, 0.25) is 0 Å². The van der Waals surface area contributed by atoms with Gasteiger partial charge in [0, 0.05) is 31.3 Å². The number of carbonyl (C=O) groups is 2. The van der Waals surface area contributed by atoms with Gasteiger partial charge in [-0.2, -0.15) is 0 Å². The molecule has 1 rings (SSSR count). The summed E-state index contributed by atoms with van der Waals surface area (Å²) in [5.41, 5.74) is 1.39. The largest absolute Gasteiger partial charge is 0.396 e. The fourth-order valence-electron chi connectivity index (χ4n) is 1.46. The molecule has 0 spiro atoms. The first-order chi connectivity index (χ1) is 8.61. The summed E-state index contributed by atoms with van der Waals surface area (Å²) in [5.74, 6) is -0.202. The average molecular weight is 250 g/mol. The lowest BCUT2D eigenvalue weighted by Gasteiger charge is -2.06. The lowest BCUT2D eigenvalue weighted by Crippen LogP contribution is -2.11. The first-order valence-corrected chi connectivity index (χ1v) is 5.90. The first-order valence-electron chi connectivity index (χ1n) is 5.90. The fraction of sp³-hybridized carbons (Fsp3) is 0.385. The maximum Gasteiger partial charge on any atom is 0.224 e. The molecule has 5 nitrogen and oxygen atoms in total. The van der Waals surface area contributed by atoms with E-state index in [9.17, 15) is 9.59 Å². The zero-order valence-corrected chi connectivity index (χ0v) is 10.4. The monoisotopic (exact) mass is 250 g/mol. The Morgan fingerprint density at radius 3 is 2.11 bits per heavy atom. The van der Waals surface area contributed by atoms with Crippen molar-refractivity contribution in [3.63, 3.8) is 0 Å². The second kappa shape index (κ2) is 7.45. The molecule has 0 saturated heterocycles. The predicted octanol–water partition coefficient (Wildman–Crippen LogP) is 1.75. The standard InChI is InChI=1S/C13H18N2O3/c1-10(17)14-11-5-7-12(8-6-11)15-13(18)4-2-3-9-16/h5-8,16H,2-4,9H2,1H3,(H,14,17)(H,15,18). The van der Waals surface area contributed by atoms with Crippen molar-refractivity contribution < 1.29 is 14.7 Å². The molecule has 0 aliphatic carbocycles. The number of aliphatic hydroxyl groups is 1. The molecular formula is C13H18N2O3. The van der Waals surface area contributed by atoms with Crippen molar-refractivity contribution in [3.05, 3.63) is 24.3 Å². The van der Waals surface area contributed by atoms with Crippen molar-refractivity contribution in [2.24, 2.45) is 0 Å². The van der Waals surface area contributed by atoms with Crippen LogP contribution in [0.3, 0.4) is 0 Å². The van der Waals surface area contributed by atoms with Gasteiger partial charge in [0.1, 0.15) is 0 Å². The zero-order valence-electron chi connectivity index (χ0n) is 10.4. The number of unbranched alkanes of at least 4 members (excludes halogenated alkanes) is 1. The molecular weight excluding hydrogens is 232 g/mol. The first kappa shape index (κ1) is 14.2. The maximum absolute atomic E-state index is 11.5. The van der Waals surface area contributed by atoms with E-state index in [-0.39, 0.29) is 18.4 Å². The zero-order chi connectivity index (χ0) is 13.4. The van der Waals surface area contributed by atoms with Crippen molar-refractivity contribution in [2.75, 3.05) is 17.2 Å². The molecule has 0 radical (unpaired) electrons. The third kappa shape index (κ3) is 5.45. The number of benzene rings is 1. The molecule has 0 heterocycles. The number of hydrogen-bond donors (Lipinski definition) is 3. The van der Waals surface area contributed by atoms with Crippen molar-refractivity contribution in [3.8, 4) is 0 Å². The molecule has 0 aliphatic rings. The number of anilines is 2. The third-order valence-electron chi connectivity index (χ3n) is 2.30. The molecule has 3 N–H and O–H groups in total. The van der Waals surface area contributed by atoms with Gasteiger partial charge in [-0.1, -0.05) is 0 Å². The normalized spacial score (nSPS) is 9.89. The Balaban J connectivity index is 2.43. The van der Waals surface area contributed by atoms with Crippen LogP contribution in [-0.2, 0) is 9.59 Å². The van der Waals surface area contributed by atoms with Crippen LogP contribution in [0.15, 0.2) is 24.3 Å². The van der Waals surface area contributed by atoms with Gasteiger partial charge in [-0.05, 0) is 37.1 Å². The van der Waals surface area contributed by atoms with E-state index >= 15 is 0 Å². The van der Waals surface area contributed by atoms with E-state index in [2.05, 4.69) is 10.6 Å². The number of carbonyl (C=O) groups excluding carboxylic acids is 2. The summed E-state index contributed by atoms with van der Waals surface area (Å²) >= 11 is 0. The van der Waals surface area contributed by atoms with Crippen molar-refractivity contribution in [2.45, 2.75) is 26.2 Å². The number of amides is 2. The molecule has 98 valence electrons. The molecule has 0 fully saturated rings. The van der Waals surface area contributed by atoms with Crippen LogP contribution in [0.25, 0.3) is 0 Å². The minimum atomic E-state index is -0.129. The van der Waals surface area contributed by atoms with Crippen LogP contribution in [0, 0.1) is 0 Å². The summed E-state index contributed by atoms with van der Waals surface area (Å²) in [4.78, 5) is 22.3. The highest BCUT2D eigenvalue weighted by molar-refractivity contribution is 5.92. The summed E-state index contributed by atoms with van der Waals surface area (Å²) in [7, 11) is 0. The van der Waals surface area contributed by atoms with Crippen LogP contribution < -0.4 is 10.6 Å². The fourth-order valence-corrected chi connectivity index (χ4v) is 1.46. The van der Waals surface area contributed by atoms with Gasteiger partial charge in [0.2, 0.25) is 11.8 Å². The Morgan fingerprint density at radius 1 is 1.06 bits per heavy atom. The molecule has 0 bridgehead atoms. The Kier molecular flexibility index (Phi) is 5.87. The van der Waals surface area contributed by atoms with Gasteiger partial charge in [-0.3, -0.25) is 9.59 Å². The molecule has 1 aromatic rings. The van der Waals surface area contributed by atoms with E-state index in [1.807, 2.05) is 0 Å². The molecule has 0 atom stereocenters. The minimum Gasteiger partial charge on any atom is -0.396 e. The molecule has 18 heavy (non-hydrogen) atoms. The van der Waals surface area contributed by atoms with E-state index in [0.29, 0.717) is 30.6 Å². The number of nitrogens with one attached hydrogen (secondary N) is 2. The lowest BCUT2D eigenvalue weighted by atomic mass is 10.2. The highest BCUT2D eigenvalue weighted by Gasteiger charge is 2.02. The van der Waals surface area contributed by atoms with E-state index in [1.54, 1.807) is 24.3 Å². The predicted molar refractivity (Wildman–Crippen MR) is 70.3 cm³/mol. The molecule has 2 amide bonds. The lowest BCUT2D eigenvalue weighted by molar-refractivity contribution is -0.116. The number of aliphatic hydroxyl groups excluding tert-OH is 1. The highest BCUT2D eigenvalue weighted by Crippen LogP contribution is 2.14. The average Bonchev–Trinajstić information content (AvgIpc) is 2.31. The second-order valence-corrected chi connectivity index (χ2v) is 3.99. The third-order valence-corrected chi connectivity index (χ3v) is 2.30. The molecule has 1 aromatic carbocycles. The van der Waals surface area contributed by atoms with Crippen LogP contribution >= 0.6 is 0 Å². The summed E-state index contributed by atoms with van der Waals surface area (Å²) in [6.07, 6.45) is 1.70. The molecule has 0 saturated carbocycles. The van der Waals surface area contributed by atoms with Crippen molar-refractivity contribution >= 4 is 23.2 Å². The quantitative estimate of drug-likeness (QED) is 0.673. The Morgan fingerprint density at radius 2 is 1.61 bits per heavy atom. The summed E-state index contributed by atoms with van der Waals surface area (Å²) in [5, 5.41) is 14.0. The van der Waals surface area contributed by atoms with Crippen LogP contribution in [0.5, 0.6) is 0 Å². The summed E-state index contributed by atoms with van der Waals surface area (Å²) < 4.78 is 0. The van der Waals surface area contributed by atoms with Gasteiger partial charge in [-0.25, -0.2) is 0 Å². The van der Waals surface area contributed by atoms with Crippen LogP contribution in [-0.4, -0.2) is 23.5 Å². The van der Waals surface area contributed by atoms with Crippen molar-refractivity contribution in [1.82, 2.24) is 0 Å². The van der Waals surface area contributed by atoms with Gasteiger partial charge in [0.05, 0.1) is 0 Å². The highest BCUT2D eigenvalue weighted by atomic mass is 16.3. The van der Waals surface area contributed by atoms with Gasteiger partial charge in [0.25, 0.3) is 0 Å². The molecule has 0 aliphatic heterocycles. The Hall–Kier alpha value is -1.88. The Bertz CT molecular complexity index is 401.